The summed E-state index contributed by atoms with van der Waals surface area (Å²) >= 11 is 6.13. The van der Waals surface area contributed by atoms with Crippen LogP contribution < -0.4 is 10.6 Å². The van der Waals surface area contributed by atoms with Crippen molar-refractivity contribution in [2.24, 2.45) is 5.73 Å². The molecule has 1 unspecified atom stereocenters. The van der Waals surface area contributed by atoms with Gasteiger partial charge in [0.2, 0.25) is 0 Å². The largest absolute Gasteiger partial charge is 0.466 e. The summed E-state index contributed by atoms with van der Waals surface area (Å²) < 4.78 is 52.1. The summed E-state index contributed by atoms with van der Waals surface area (Å²) in [6, 6.07) is 12.1. The van der Waals surface area contributed by atoms with Crippen molar-refractivity contribution >= 4 is 49.5 Å². The van der Waals surface area contributed by atoms with E-state index < -0.39 is 52.4 Å². The molecule has 2 aromatic rings. The number of anilines is 1. The van der Waals surface area contributed by atoms with Crippen LogP contribution in [0.25, 0.3) is 0 Å². The Morgan fingerprint density at radius 2 is 1.69 bits per heavy atom. The zero-order valence-corrected chi connectivity index (χ0v) is 21.3. The highest BCUT2D eigenvalue weighted by Crippen LogP contribution is 2.49. The van der Waals surface area contributed by atoms with E-state index in [9.17, 15) is 28.0 Å². The van der Waals surface area contributed by atoms with Crippen LogP contribution in [0.2, 0.25) is 0 Å². The van der Waals surface area contributed by atoms with Crippen LogP contribution in [-0.4, -0.2) is 26.2 Å². The lowest BCUT2D eigenvalue weighted by Crippen LogP contribution is -2.41. The van der Waals surface area contributed by atoms with E-state index in [1.165, 1.54) is 6.07 Å². The predicted molar refractivity (Wildman–Crippen MR) is 126 cm³/mol. The lowest BCUT2D eigenvalue weighted by Gasteiger charge is -2.37. The van der Waals surface area contributed by atoms with Gasteiger partial charge in [-0.3, -0.25) is 4.90 Å². The molecule has 35 heavy (non-hydrogen) atoms. The quantitative estimate of drug-likeness (QED) is 0.476. The molecule has 2 N–H and O–H groups in total. The first-order valence-electron chi connectivity index (χ1n) is 9.69. The van der Waals surface area contributed by atoms with E-state index >= 15 is 0 Å². The molecule has 0 amide bonds. The average molecular weight is 615 g/mol. The van der Waals surface area contributed by atoms with Gasteiger partial charge in [0.25, 0.3) is 0 Å². The standard InChI is InChI=1S/C23H16Br2F3N3O4/c1-34-21(32)17-16(11-6-4-3-5-7-11)13(10-29)20(30)31(19(17)22(33)35-2)18-14(23(26,27)28)8-12(24)9-15(18)25/h3-9,16H,30H2,1-2H3. The molecule has 0 bridgehead atoms. The third kappa shape index (κ3) is 4.78. The van der Waals surface area contributed by atoms with Crippen molar-refractivity contribution in [3.8, 4) is 6.07 Å². The highest BCUT2D eigenvalue weighted by molar-refractivity contribution is 9.11. The molecular formula is C23H16Br2F3N3O4. The van der Waals surface area contributed by atoms with Crippen LogP contribution in [0.1, 0.15) is 17.0 Å². The number of carbonyl (C=O) groups excluding carboxylic acids is 2. The van der Waals surface area contributed by atoms with Crippen LogP contribution in [-0.2, 0) is 25.2 Å². The van der Waals surface area contributed by atoms with Crippen molar-refractivity contribution in [2.45, 2.75) is 12.1 Å². The summed E-state index contributed by atoms with van der Waals surface area (Å²) in [5.41, 5.74) is 3.60. The molecule has 12 heteroatoms. The Bertz CT molecular complexity index is 1300. The van der Waals surface area contributed by atoms with E-state index in [0.717, 1.165) is 20.3 Å². The van der Waals surface area contributed by atoms with E-state index in [-0.39, 0.29) is 14.5 Å². The van der Waals surface area contributed by atoms with Gasteiger partial charge in [-0.1, -0.05) is 46.3 Å². The number of hydrogen-bond donors (Lipinski definition) is 1. The molecule has 7 nitrogen and oxygen atoms in total. The lowest BCUT2D eigenvalue weighted by molar-refractivity contribution is -0.140. The molecule has 0 radical (unpaired) electrons. The van der Waals surface area contributed by atoms with Crippen molar-refractivity contribution in [2.75, 3.05) is 19.1 Å². The van der Waals surface area contributed by atoms with Crippen molar-refractivity contribution in [1.29, 1.82) is 5.26 Å². The highest BCUT2D eigenvalue weighted by Gasteiger charge is 2.46. The minimum Gasteiger partial charge on any atom is -0.466 e. The van der Waals surface area contributed by atoms with Crippen LogP contribution in [0.4, 0.5) is 18.9 Å². The predicted octanol–water partition coefficient (Wildman–Crippen LogP) is 5.13. The summed E-state index contributed by atoms with van der Waals surface area (Å²) in [7, 11) is 2.04. The number of nitriles is 1. The molecule has 1 heterocycles. The normalized spacial score (nSPS) is 16.2. The summed E-state index contributed by atoms with van der Waals surface area (Å²) in [6.45, 7) is 0. The zero-order valence-electron chi connectivity index (χ0n) is 18.1. The second-order valence-corrected chi connectivity index (χ2v) is 8.89. The van der Waals surface area contributed by atoms with Gasteiger partial charge >= 0.3 is 18.1 Å². The molecule has 3 rings (SSSR count). The fraction of sp³-hybridized carbons (Fsp3) is 0.174. The number of allylic oxidation sites excluding steroid dienone is 1. The second-order valence-electron chi connectivity index (χ2n) is 7.12. The molecule has 0 spiro atoms. The Labute approximate surface area is 214 Å². The van der Waals surface area contributed by atoms with Crippen LogP contribution >= 0.6 is 31.9 Å². The molecular weight excluding hydrogens is 599 g/mol. The summed E-state index contributed by atoms with van der Waals surface area (Å²) in [5.74, 6) is -3.90. The Morgan fingerprint density at radius 3 is 2.20 bits per heavy atom. The van der Waals surface area contributed by atoms with Crippen LogP contribution in [0.15, 0.2) is 74.1 Å². The maximum Gasteiger partial charge on any atom is 0.418 e. The number of hydrogen-bond acceptors (Lipinski definition) is 7. The first-order chi connectivity index (χ1) is 16.5. The van der Waals surface area contributed by atoms with Crippen LogP contribution in [0, 0.1) is 11.3 Å². The van der Waals surface area contributed by atoms with Crippen molar-refractivity contribution in [3.63, 3.8) is 0 Å². The third-order valence-electron chi connectivity index (χ3n) is 5.17. The topological polar surface area (TPSA) is 106 Å². The van der Waals surface area contributed by atoms with E-state index in [1.54, 1.807) is 30.3 Å². The molecule has 0 aromatic heterocycles. The monoisotopic (exact) mass is 613 g/mol. The third-order valence-corrected chi connectivity index (χ3v) is 6.23. The molecule has 0 fully saturated rings. The molecule has 2 aromatic carbocycles. The summed E-state index contributed by atoms with van der Waals surface area (Å²) in [4.78, 5) is 26.8. The number of alkyl halides is 3. The maximum absolute atomic E-state index is 14.1. The molecule has 0 saturated carbocycles. The van der Waals surface area contributed by atoms with Crippen molar-refractivity contribution in [3.05, 3.63) is 85.2 Å². The Balaban J connectivity index is 2.54. The molecule has 182 valence electrons. The van der Waals surface area contributed by atoms with Gasteiger partial charge in [0, 0.05) is 8.95 Å². The molecule has 1 atom stereocenters. The van der Waals surface area contributed by atoms with Gasteiger partial charge in [-0.15, -0.1) is 0 Å². The van der Waals surface area contributed by atoms with Crippen LogP contribution in [0.3, 0.4) is 0 Å². The molecule has 1 aliphatic heterocycles. The number of methoxy groups -OCH3 is 2. The first kappa shape index (κ1) is 26.3. The number of rotatable bonds is 4. The lowest BCUT2D eigenvalue weighted by atomic mass is 9.80. The zero-order chi connectivity index (χ0) is 26.1. The van der Waals surface area contributed by atoms with Crippen molar-refractivity contribution < 1.29 is 32.2 Å². The SMILES string of the molecule is COC(=O)C1=C(C(=O)OC)N(c2c(Br)cc(Br)cc2C(F)(F)F)C(N)=C(C#N)C1c1ccccc1. The molecule has 1 aliphatic rings. The van der Waals surface area contributed by atoms with E-state index in [1.807, 2.05) is 6.07 Å². The van der Waals surface area contributed by atoms with Gasteiger partial charge in [0.05, 0.1) is 48.6 Å². The number of halogens is 5. The van der Waals surface area contributed by atoms with E-state index in [0.29, 0.717) is 10.5 Å². The fourth-order valence-corrected chi connectivity index (χ4v) is 5.16. The number of nitrogens with two attached hydrogens (primary N) is 1. The second kappa shape index (κ2) is 10.1. The molecule has 0 saturated heterocycles. The summed E-state index contributed by atoms with van der Waals surface area (Å²) in [5, 5.41) is 10.0. The number of carbonyl (C=O) groups is 2. The van der Waals surface area contributed by atoms with E-state index in [2.05, 4.69) is 31.9 Å². The number of esters is 2. The van der Waals surface area contributed by atoms with Gasteiger partial charge < -0.3 is 15.2 Å². The summed E-state index contributed by atoms with van der Waals surface area (Å²) in [6.07, 6.45) is -4.91. The fourth-order valence-electron chi connectivity index (χ4n) is 3.75. The number of nitrogens with zero attached hydrogens (tertiary/aromatic N) is 2. The highest BCUT2D eigenvalue weighted by atomic mass is 79.9. The Kier molecular flexibility index (Phi) is 7.62. The maximum atomic E-state index is 14.1. The molecule has 0 aliphatic carbocycles. The van der Waals surface area contributed by atoms with Gasteiger partial charge in [-0.05, 0) is 33.6 Å². The van der Waals surface area contributed by atoms with Gasteiger partial charge in [-0.25, -0.2) is 9.59 Å². The minimum absolute atomic E-state index is 0.0828. The first-order valence-corrected chi connectivity index (χ1v) is 11.3. The van der Waals surface area contributed by atoms with Gasteiger partial charge in [-0.2, -0.15) is 18.4 Å². The van der Waals surface area contributed by atoms with Gasteiger partial charge in [0.1, 0.15) is 11.5 Å². The number of benzene rings is 2. The van der Waals surface area contributed by atoms with Gasteiger partial charge in [0.15, 0.2) is 0 Å². The van der Waals surface area contributed by atoms with E-state index in [4.69, 9.17) is 15.2 Å². The number of ether oxygens (including phenoxy) is 2. The Hall–Kier alpha value is -3.30. The van der Waals surface area contributed by atoms with Crippen molar-refractivity contribution in [1.82, 2.24) is 0 Å². The Morgan fingerprint density at radius 1 is 1.09 bits per heavy atom. The average Bonchev–Trinajstić information content (AvgIpc) is 2.82. The smallest absolute Gasteiger partial charge is 0.418 e. The van der Waals surface area contributed by atoms with Crippen LogP contribution in [0.5, 0.6) is 0 Å². The minimum atomic E-state index is -4.91.